The van der Waals surface area contributed by atoms with Crippen molar-refractivity contribution in [3.05, 3.63) is 38.8 Å². The van der Waals surface area contributed by atoms with Crippen LogP contribution >= 0.6 is 23.1 Å². The highest BCUT2D eigenvalue weighted by atomic mass is 32.2. The van der Waals surface area contributed by atoms with Gasteiger partial charge in [-0.3, -0.25) is 9.36 Å². The van der Waals surface area contributed by atoms with Crippen molar-refractivity contribution in [1.82, 2.24) is 29.4 Å². The van der Waals surface area contributed by atoms with Gasteiger partial charge in [0, 0.05) is 11.4 Å². The summed E-state index contributed by atoms with van der Waals surface area (Å²) in [6.45, 7) is 6.49. The van der Waals surface area contributed by atoms with E-state index in [1.165, 1.54) is 23.1 Å². The molecule has 7 nitrogen and oxygen atoms in total. The van der Waals surface area contributed by atoms with E-state index in [1.807, 2.05) is 13.8 Å². The monoisotopic (exact) mass is 436 g/mol. The normalized spacial score (nSPS) is 11.9. The molecule has 11 heteroatoms. The number of aryl methyl sites for hydroxylation is 2. The molecule has 0 unspecified atom stereocenters. The fourth-order valence-corrected chi connectivity index (χ4v) is 4.92. The summed E-state index contributed by atoms with van der Waals surface area (Å²) >= 11 is 2.65. The van der Waals surface area contributed by atoms with Crippen molar-refractivity contribution in [2.24, 2.45) is 0 Å². The van der Waals surface area contributed by atoms with Crippen LogP contribution in [0.2, 0.25) is 0 Å². The second kappa shape index (κ2) is 7.79. The predicted octanol–water partition coefficient (Wildman–Crippen LogP) is 4.40. The Hall–Kier alpha value is -2.40. The first-order valence-electron chi connectivity index (χ1n) is 9.09. The molecule has 4 heterocycles. The van der Waals surface area contributed by atoms with Crippen molar-refractivity contribution in [3.8, 4) is 0 Å². The Bertz CT molecular complexity index is 1260. The molecule has 0 saturated carbocycles. The number of alkyl halides is 2. The molecule has 0 aromatic carbocycles. The van der Waals surface area contributed by atoms with Crippen LogP contribution in [0.25, 0.3) is 15.9 Å². The molecule has 4 aromatic rings. The lowest BCUT2D eigenvalue weighted by atomic mass is 10.2. The number of unbranched alkanes of at least 4 members (excludes halogenated alkanes) is 1. The maximum Gasteiger partial charge on any atom is 0.299 e. The van der Waals surface area contributed by atoms with Gasteiger partial charge in [-0.2, -0.15) is 9.61 Å². The maximum absolute atomic E-state index is 13.2. The van der Waals surface area contributed by atoms with Crippen LogP contribution in [0.15, 0.2) is 27.1 Å². The van der Waals surface area contributed by atoms with E-state index < -0.39 is 12.2 Å². The number of nitrogens with zero attached hydrogens (tertiary/aromatic N) is 6. The summed E-state index contributed by atoms with van der Waals surface area (Å²) in [7, 11) is 0. The molecule has 0 atom stereocenters. The highest BCUT2D eigenvalue weighted by Crippen LogP contribution is 2.31. The topological polar surface area (TPSA) is 78.0 Å². The second-order valence-corrected chi connectivity index (χ2v) is 8.76. The van der Waals surface area contributed by atoms with Gasteiger partial charge in [0.05, 0.1) is 5.39 Å². The van der Waals surface area contributed by atoms with Gasteiger partial charge < -0.3 is 0 Å². The molecule has 29 heavy (non-hydrogen) atoms. The van der Waals surface area contributed by atoms with Crippen LogP contribution < -0.4 is 5.56 Å². The summed E-state index contributed by atoms with van der Waals surface area (Å²) in [6, 6.07) is 3.23. The van der Waals surface area contributed by atoms with E-state index in [0.717, 1.165) is 27.8 Å². The minimum absolute atomic E-state index is 0.0774. The molecule has 152 valence electrons. The minimum Gasteiger partial charge on any atom is -0.287 e. The largest absolute Gasteiger partial charge is 0.299 e. The van der Waals surface area contributed by atoms with E-state index in [4.69, 9.17) is 4.98 Å². The number of aromatic nitrogens is 6. The molecule has 0 fully saturated rings. The summed E-state index contributed by atoms with van der Waals surface area (Å²) in [5.74, 6) is -0.515. The predicted molar refractivity (Wildman–Crippen MR) is 108 cm³/mol. The lowest BCUT2D eigenvalue weighted by molar-refractivity contribution is 0.137. The summed E-state index contributed by atoms with van der Waals surface area (Å²) < 4.78 is 28.9. The molecular weight excluding hydrogens is 418 g/mol. The average Bonchev–Trinajstić information content (AvgIpc) is 3.22. The van der Waals surface area contributed by atoms with Crippen molar-refractivity contribution < 1.29 is 8.78 Å². The molecule has 0 aliphatic carbocycles. The third-order valence-corrected chi connectivity index (χ3v) is 6.66. The van der Waals surface area contributed by atoms with Crippen LogP contribution in [0.5, 0.6) is 0 Å². The molecule has 4 rings (SSSR count). The van der Waals surface area contributed by atoms with Crippen molar-refractivity contribution in [1.29, 1.82) is 0 Å². The van der Waals surface area contributed by atoms with E-state index >= 15 is 0 Å². The number of thiophene rings is 1. The van der Waals surface area contributed by atoms with Crippen molar-refractivity contribution in [2.75, 3.05) is 0 Å². The zero-order chi connectivity index (χ0) is 20.7. The number of hydrogen-bond donors (Lipinski definition) is 0. The molecule has 0 saturated heterocycles. The quantitative estimate of drug-likeness (QED) is 0.417. The number of fused-ring (bicyclic) bond motifs is 2. The first kappa shape index (κ1) is 19.9. The van der Waals surface area contributed by atoms with Crippen molar-refractivity contribution >= 4 is 39.0 Å². The minimum atomic E-state index is -2.79. The lowest BCUT2D eigenvalue weighted by Gasteiger charge is -2.11. The molecule has 0 spiro atoms. The Morgan fingerprint density at radius 3 is 2.76 bits per heavy atom. The molecular formula is C18H18F2N6OS2. The van der Waals surface area contributed by atoms with Gasteiger partial charge in [0.15, 0.2) is 10.8 Å². The van der Waals surface area contributed by atoms with Crippen LogP contribution in [0, 0.1) is 13.8 Å². The third-order valence-electron chi connectivity index (χ3n) is 4.64. The Kier molecular flexibility index (Phi) is 5.34. The summed E-state index contributed by atoms with van der Waals surface area (Å²) in [4.78, 5) is 19.6. The summed E-state index contributed by atoms with van der Waals surface area (Å²) in [5.41, 5.74) is 1.11. The Labute approximate surface area is 172 Å². The van der Waals surface area contributed by atoms with Crippen molar-refractivity contribution in [2.45, 2.75) is 56.8 Å². The van der Waals surface area contributed by atoms with E-state index in [0.29, 0.717) is 26.9 Å². The van der Waals surface area contributed by atoms with E-state index in [2.05, 4.69) is 22.2 Å². The van der Waals surface area contributed by atoms with Gasteiger partial charge in [-0.25, -0.2) is 13.8 Å². The zero-order valence-corrected chi connectivity index (χ0v) is 17.7. The lowest BCUT2D eigenvalue weighted by Crippen LogP contribution is -2.23. The fraction of sp³-hybridized carbons (Fsp3) is 0.389. The van der Waals surface area contributed by atoms with Gasteiger partial charge in [0.1, 0.15) is 9.86 Å². The highest BCUT2D eigenvalue weighted by molar-refractivity contribution is 7.99. The van der Waals surface area contributed by atoms with Crippen LogP contribution in [0.4, 0.5) is 8.78 Å². The smallest absolute Gasteiger partial charge is 0.287 e. The summed E-state index contributed by atoms with van der Waals surface area (Å²) in [5, 5.41) is 13.0. The van der Waals surface area contributed by atoms with Crippen LogP contribution in [0.3, 0.4) is 0 Å². The molecule has 0 aliphatic rings. The Balaban J connectivity index is 1.83. The van der Waals surface area contributed by atoms with Gasteiger partial charge in [0.2, 0.25) is 5.82 Å². The average molecular weight is 437 g/mol. The van der Waals surface area contributed by atoms with Crippen molar-refractivity contribution in [3.63, 3.8) is 0 Å². The van der Waals surface area contributed by atoms with Gasteiger partial charge >= 0.3 is 0 Å². The van der Waals surface area contributed by atoms with Gasteiger partial charge in [-0.1, -0.05) is 13.3 Å². The van der Waals surface area contributed by atoms with Gasteiger partial charge in [0.25, 0.3) is 12.0 Å². The third kappa shape index (κ3) is 3.52. The first-order chi connectivity index (χ1) is 13.9. The molecule has 0 radical (unpaired) electrons. The van der Waals surface area contributed by atoms with E-state index in [-0.39, 0.29) is 11.2 Å². The highest BCUT2D eigenvalue weighted by Gasteiger charge is 2.20. The molecule has 0 aliphatic heterocycles. The van der Waals surface area contributed by atoms with E-state index in [9.17, 15) is 13.6 Å². The molecule has 0 N–H and O–H groups in total. The van der Waals surface area contributed by atoms with Gasteiger partial charge in [-0.05, 0) is 49.7 Å². The SMILES string of the molecule is CCCCn1c(Sc2ccc3nnc(C(F)F)n3n2)nc2sc(C)c(C)c2c1=O. The fourth-order valence-electron chi connectivity index (χ4n) is 2.97. The molecule has 4 aromatic heterocycles. The standard InChI is InChI=1S/C18H18F2N6OS2/c1-4-5-8-25-17(27)13-9(2)10(3)28-16(13)21-18(25)29-12-7-6-11-22-23-15(14(19)20)26(11)24-12/h6-7,14H,4-5,8H2,1-3H3. The Morgan fingerprint density at radius 2 is 2.03 bits per heavy atom. The first-order valence-corrected chi connectivity index (χ1v) is 10.7. The van der Waals surface area contributed by atoms with Crippen LogP contribution in [-0.2, 0) is 6.54 Å². The van der Waals surface area contributed by atoms with E-state index in [1.54, 1.807) is 16.7 Å². The number of rotatable bonds is 6. The van der Waals surface area contributed by atoms with Crippen LogP contribution in [-0.4, -0.2) is 29.4 Å². The molecule has 0 amide bonds. The zero-order valence-electron chi connectivity index (χ0n) is 16.0. The number of hydrogen-bond acceptors (Lipinski definition) is 7. The number of halogens is 2. The summed E-state index contributed by atoms with van der Waals surface area (Å²) in [6.07, 6.45) is -1.03. The second-order valence-electron chi connectivity index (χ2n) is 6.57. The van der Waals surface area contributed by atoms with Crippen LogP contribution in [0.1, 0.15) is 42.5 Å². The Morgan fingerprint density at radius 1 is 1.24 bits per heavy atom. The van der Waals surface area contributed by atoms with Gasteiger partial charge in [-0.15, -0.1) is 21.5 Å². The molecule has 0 bridgehead atoms. The maximum atomic E-state index is 13.2.